The lowest BCUT2D eigenvalue weighted by atomic mass is 10.7. The number of hydrogen-bond donors (Lipinski definition) is 1. The summed E-state index contributed by atoms with van der Waals surface area (Å²) in [4.78, 5) is 6.54. The van der Waals surface area contributed by atoms with Gasteiger partial charge in [-0.1, -0.05) is 11.8 Å². The Hall–Kier alpha value is -0.220. The van der Waals surface area contributed by atoms with Crippen LogP contribution in [-0.2, 0) is 0 Å². The molecule has 4 heteroatoms. The average Bonchev–Trinajstić information content (AvgIpc) is 2.04. The van der Waals surface area contributed by atoms with Crippen molar-refractivity contribution in [1.29, 1.82) is 0 Å². The Morgan fingerprint density at radius 3 is 2.54 bits per heavy atom. The van der Waals surface area contributed by atoms with Crippen LogP contribution in [0.1, 0.15) is 13.8 Å². The maximum absolute atomic E-state index is 4.36. The zero-order valence-corrected chi connectivity index (χ0v) is 9.95. The number of thioether (sulfide) groups is 1. The van der Waals surface area contributed by atoms with Gasteiger partial charge in [0.05, 0.1) is 0 Å². The standard InChI is InChI=1S/C9H21N3S/c1-5-10-9(11-6-2)13-8-7-12(3)4/h5-8H2,1-4H3,(H,10,11). The highest BCUT2D eigenvalue weighted by atomic mass is 32.2. The van der Waals surface area contributed by atoms with Crippen molar-refractivity contribution in [3.8, 4) is 0 Å². The summed E-state index contributed by atoms with van der Waals surface area (Å²) in [5.41, 5.74) is 0. The van der Waals surface area contributed by atoms with Crippen molar-refractivity contribution in [3.63, 3.8) is 0 Å². The maximum Gasteiger partial charge on any atom is 0.156 e. The molecule has 0 heterocycles. The van der Waals surface area contributed by atoms with E-state index in [9.17, 15) is 0 Å². The molecule has 0 aliphatic heterocycles. The van der Waals surface area contributed by atoms with Gasteiger partial charge in [-0.25, -0.2) is 0 Å². The third-order valence-corrected chi connectivity index (χ3v) is 2.34. The minimum Gasteiger partial charge on any atom is -0.365 e. The summed E-state index contributed by atoms with van der Waals surface area (Å²) in [6.07, 6.45) is 0. The molecule has 0 saturated carbocycles. The van der Waals surface area contributed by atoms with Gasteiger partial charge in [-0.15, -0.1) is 0 Å². The van der Waals surface area contributed by atoms with E-state index in [0.29, 0.717) is 0 Å². The van der Waals surface area contributed by atoms with E-state index in [-0.39, 0.29) is 0 Å². The molecule has 0 amide bonds. The molecule has 0 aromatic heterocycles. The number of nitrogens with zero attached hydrogens (tertiary/aromatic N) is 2. The van der Waals surface area contributed by atoms with Crippen LogP contribution in [-0.4, -0.2) is 49.6 Å². The quantitative estimate of drug-likeness (QED) is 0.538. The summed E-state index contributed by atoms with van der Waals surface area (Å²) in [7, 11) is 4.18. The van der Waals surface area contributed by atoms with Crippen LogP contribution in [0.2, 0.25) is 0 Å². The lowest BCUT2D eigenvalue weighted by molar-refractivity contribution is 0.437. The molecule has 0 aliphatic rings. The van der Waals surface area contributed by atoms with Crippen molar-refractivity contribution < 1.29 is 0 Å². The van der Waals surface area contributed by atoms with Crippen molar-refractivity contribution in [1.82, 2.24) is 10.2 Å². The number of nitrogens with one attached hydrogen (secondary N) is 1. The van der Waals surface area contributed by atoms with E-state index >= 15 is 0 Å². The molecule has 0 atom stereocenters. The van der Waals surface area contributed by atoms with Crippen LogP contribution in [0.4, 0.5) is 0 Å². The molecule has 78 valence electrons. The Kier molecular flexibility index (Phi) is 8.24. The van der Waals surface area contributed by atoms with Crippen molar-refractivity contribution >= 4 is 16.9 Å². The van der Waals surface area contributed by atoms with Crippen molar-refractivity contribution in [3.05, 3.63) is 0 Å². The van der Waals surface area contributed by atoms with Crippen LogP contribution >= 0.6 is 11.8 Å². The highest BCUT2D eigenvalue weighted by Crippen LogP contribution is 2.01. The van der Waals surface area contributed by atoms with Crippen LogP contribution in [0.3, 0.4) is 0 Å². The topological polar surface area (TPSA) is 27.6 Å². The zero-order chi connectivity index (χ0) is 10.1. The number of rotatable bonds is 5. The second kappa shape index (κ2) is 8.38. The molecule has 0 spiro atoms. The minimum atomic E-state index is 0.858. The Labute approximate surface area is 86.0 Å². The van der Waals surface area contributed by atoms with Gasteiger partial charge in [-0.2, -0.15) is 0 Å². The fourth-order valence-corrected chi connectivity index (χ4v) is 1.89. The van der Waals surface area contributed by atoms with Crippen LogP contribution in [0.5, 0.6) is 0 Å². The van der Waals surface area contributed by atoms with Gasteiger partial charge in [-0.05, 0) is 27.9 Å². The van der Waals surface area contributed by atoms with Gasteiger partial charge in [0.2, 0.25) is 0 Å². The molecule has 3 nitrogen and oxygen atoms in total. The number of amidine groups is 1. The van der Waals surface area contributed by atoms with E-state index in [1.54, 1.807) is 11.8 Å². The second-order valence-corrected chi connectivity index (χ2v) is 4.05. The molecule has 0 aromatic rings. The predicted molar refractivity (Wildman–Crippen MR) is 62.7 cm³/mol. The van der Waals surface area contributed by atoms with Gasteiger partial charge in [-0.3, -0.25) is 4.99 Å². The fourth-order valence-electron chi connectivity index (χ4n) is 0.772. The van der Waals surface area contributed by atoms with Gasteiger partial charge in [0.1, 0.15) is 0 Å². The monoisotopic (exact) mass is 203 g/mol. The van der Waals surface area contributed by atoms with Crippen molar-refractivity contribution in [2.24, 2.45) is 4.99 Å². The normalized spacial score (nSPS) is 12.2. The number of hydrogen-bond acceptors (Lipinski definition) is 3. The highest BCUT2D eigenvalue weighted by Gasteiger charge is 1.97. The average molecular weight is 203 g/mol. The third-order valence-electron chi connectivity index (χ3n) is 1.41. The first-order chi connectivity index (χ1) is 6.20. The molecule has 0 aromatic carbocycles. The summed E-state index contributed by atoms with van der Waals surface area (Å²) in [6, 6.07) is 0. The first-order valence-corrected chi connectivity index (χ1v) is 5.75. The molecule has 0 unspecified atom stereocenters. The van der Waals surface area contributed by atoms with Gasteiger partial charge < -0.3 is 10.2 Å². The lowest BCUT2D eigenvalue weighted by Gasteiger charge is -2.10. The molecule has 1 N–H and O–H groups in total. The van der Waals surface area contributed by atoms with E-state index in [1.807, 2.05) is 0 Å². The Morgan fingerprint density at radius 1 is 1.38 bits per heavy atom. The van der Waals surface area contributed by atoms with Crippen LogP contribution < -0.4 is 5.32 Å². The zero-order valence-electron chi connectivity index (χ0n) is 9.13. The minimum absolute atomic E-state index is 0.858. The summed E-state index contributed by atoms with van der Waals surface area (Å²) in [5, 5.41) is 4.33. The van der Waals surface area contributed by atoms with Gasteiger partial charge >= 0.3 is 0 Å². The van der Waals surface area contributed by atoms with E-state index in [4.69, 9.17) is 0 Å². The number of aliphatic imine (C=N–C) groups is 1. The van der Waals surface area contributed by atoms with Crippen LogP contribution in [0, 0.1) is 0 Å². The molecule has 0 radical (unpaired) electrons. The SMILES string of the molecule is CCN=C(NCC)SCCN(C)C. The lowest BCUT2D eigenvalue weighted by Crippen LogP contribution is -2.23. The first-order valence-electron chi connectivity index (χ1n) is 4.76. The first kappa shape index (κ1) is 12.8. The highest BCUT2D eigenvalue weighted by molar-refractivity contribution is 8.13. The molecule has 0 bridgehead atoms. The van der Waals surface area contributed by atoms with Crippen LogP contribution in [0.25, 0.3) is 0 Å². The van der Waals surface area contributed by atoms with Crippen LogP contribution in [0.15, 0.2) is 4.99 Å². The predicted octanol–water partition coefficient (Wildman–Crippen LogP) is 1.27. The molecule has 13 heavy (non-hydrogen) atoms. The van der Waals surface area contributed by atoms with Crippen molar-refractivity contribution in [2.45, 2.75) is 13.8 Å². The molecule has 0 rings (SSSR count). The molecular formula is C9H21N3S. The van der Waals surface area contributed by atoms with E-state index in [2.05, 4.69) is 43.2 Å². The maximum atomic E-state index is 4.36. The van der Waals surface area contributed by atoms with E-state index in [1.165, 1.54) is 0 Å². The smallest absolute Gasteiger partial charge is 0.156 e. The second-order valence-electron chi connectivity index (χ2n) is 2.96. The molecule has 0 aliphatic carbocycles. The van der Waals surface area contributed by atoms with E-state index in [0.717, 1.165) is 30.6 Å². The molecule has 0 fully saturated rings. The van der Waals surface area contributed by atoms with Gasteiger partial charge in [0.15, 0.2) is 5.17 Å². The van der Waals surface area contributed by atoms with Gasteiger partial charge in [0, 0.05) is 25.4 Å². The van der Waals surface area contributed by atoms with Crippen molar-refractivity contribution in [2.75, 3.05) is 39.5 Å². The largest absolute Gasteiger partial charge is 0.365 e. The summed E-state index contributed by atoms with van der Waals surface area (Å²) >= 11 is 1.80. The molecule has 0 saturated heterocycles. The summed E-state index contributed by atoms with van der Waals surface area (Å²) in [6.45, 7) is 7.06. The summed E-state index contributed by atoms with van der Waals surface area (Å²) in [5.74, 6) is 1.10. The van der Waals surface area contributed by atoms with Gasteiger partial charge in [0.25, 0.3) is 0 Å². The third kappa shape index (κ3) is 8.12. The Morgan fingerprint density at radius 2 is 2.08 bits per heavy atom. The fraction of sp³-hybridized carbons (Fsp3) is 0.889. The summed E-state index contributed by atoms with van der Waals surface area (Å²) < 4.78 is 0. The Balaban J connectivity index is 3.63. The Bertz CT molecular complexity index is 146. The molecular weight excluding hydrogens is 182 g/mol. The van der Waals surface area contributed by atoms with E-state index < -0.39 is 0 Å².